The summed E-state index contributed by atoms with van der Waals surface area (Å²) in [5.74, 6) is 0. The monoisotopic (exact) mass is 628 g/mol. The highest BCUT2D eigenvalue weighted by atomic mass is 32.1. The first kappa shape index (κ1) is 27.1. The van der Waals surface area contributed by atoms with Crippen LogP contribution in [0.25, 0.3) is 74.6 Å². The van der Waals surface area contributed by atoms with Gasteiger partial charge in [0.05, 0.1) is 11.2 Å². The molecule has 0 unspecified atom stereocenters. The zero-order chi connectivity index (χ0) is 31.6. The van der Waals surface area contributed by atoms with Crippen molar-refractivity contribution in [3.8, 4) is 11.3 Å². The highest BCUT2D eigenvalue weighted by molar-refractivity contribution is 7.25. The molecule has 0 amide bonds. The van der Waals surface area contributed by atoms with Gasteiger partial charge in [-0.2, -0.15) is 0 Å². The maximum absolute atomic E-state index is 5.35. The summed E-state index contributed by atoms with van der Waals surface area (Å²) >= 11 is 1.84. The fourth-order valence-corrected chi connectivity index (χ4v) is 8.36. The summed E-state index contributed by atoms with van der Waals surface area (Å²) in [6, 6.07) is 61.5. The molecule has 0 saturated heterocycles. The SMILES string of the molecule is c1ccc2cc(N(c3ccc(-c4nc5cc6sc7ccccc7c6cc5c5ccccc45)cc3)c3ccc4ccccc4c3)ccc2c1. The van der Waals surface area contributed by atoms with E-state index >= 15 is 0 Å². The van der Waals surface area contributed by atoms with E-state index in [9.17, 15) is 0 Å². The van der Waals surface area contributed by atoms with Gasteiger partial charge < -0.3 is 4.90 Å². The van der Waals surface area contributed by atoms with Crippen molar-refractivity contribution in [1.29, 1.82) is 0 Å². The molecule has 10 rings (SSSR count). The van der Waals surface area contributed by atoms with E-state index in [1.165, 1.54) is 52.5 Å². The first-order chi connectivity index (χ1) is 23.8. The minimum Gasteiger partial charge on any atom is -0.310 e. The molecule has 10 aromatic rings. The number of hydrogen-bond donors (Lipinski definition) is 0. The Morgan fingerprint density at radius 3 is 1.62 bits per heavy atom. The second-order valence-corrected chi connectivity index (χ2v) is 13.5. The van der Waals surface area contributed by atoms with E-state index in [1.54, 1.807) is 0 Å². The van der Waals surface area contributed by atoms with E-state index < -0.39 is 0 Å². The summed E-state index contributed by atoms with van der Waals surface area (Å²) in [5, 5.41) is 11.1. The number of benzene rings is 8. The van der Waals surface area contributed by atoms with Gasteiger partial charge in [0, 0.05) is 53.6 Å². The Morgan fingerprint density at radius 2 is 0.938 bits per heavy atom. The zero-order valence-corrected chi connectivity index (χ0v) is 26.8. The number of anilines is 3. The smallest absolute Gasteiger partial charge is 0.0788 e. The fraction of sp³-hybridized carbons (Fsp3) is 0. The first-order valence-corrected chi connectivity index (χ1v) is 17.1. The Labute approximate surface area is 281 Å². The van der Waals surface area contributed by atoms with Crippen LogP contribution in [0.4, 0.5) is 17.1 Å². The largest absolute Gasteiger partial charge is 0.310 e. The number of hydrogen-bond acceptors (Lipinski definition) is 3. The fourth-order valence-electron chi connectivity index (χ4n) is 7.24. The zero-order valence-electron chi connectivity index (χ0n) is 26.0. The lowest BCUT2D eigenvalue weighted by atomic mass is 9.98. The van der Waals surface area contributed by atoms with Crippen LogP contribution in [0.5, 0.6) is 0 Å². The lowest BCUT2D eigenvalue weighted by Crippen LogP contribution is -2.10. The number of thiophene rings is 1. The molecule has 0 bridgehead atoms. The Balaban J connectivity index is 1.13. The third kappa shape index (κ3) is 4.36. The minimum absolute atomic E-state index is 1.01. The summed E-state index contributed by atoms with van der Waals surface area (Å²) in [4.78, 5) is 7.70. The second-order valence-electron chi connectivity index (χ2n) is 12.4. The molecule has 2 nitrogen and oxygen atoms in total. The van der Waals surface area contributed by atoms with Crippen molar-refractivity contribution >= 4 is 91.8 Å². The molecule has 0 spiro atoms. The Morgan fingerprint density at radius 1 is 0.375 bits per heavy atom. The Kier molecular flexibility index (Phi) is 6.08. The number of fused-ring (bicyclic) bond motifs is 8. The Hall–Kier alpha value is -6.03. The number of pyridine rings is 1. The quantitative estimate of drug-likeness (QED) is 0.180. The molecule has 2 heterocycles. The van der Waals surface area contributed by atoms with E-state index in [2.05, 4.69) is 175 Å². The predicted molar refractivity (Wildman–Crippen MR) is 207 cm³/mol. The molecule has 224 valence electrons. The van der Waals surface area contributed by atoms with Crippen molar-refractivity contribution in [2.75, 3.05) is 4.90 Å². The van der Waals surface area contributed by atoms with Gasteiger partial charge in [-0.3, -0.25) is 0 Å². The highest BCUT2D eigenvalue weighted by Crippen LogP contribution is 2.41. The summed E-state index contributed by atoms with van der Waals surface area (Å²) in [7, 11) is 0. The molecule has 0 aliphatic carbocycles. The van der Waals surface area contributed by atoms with Crippen molar-refractivity contribution in [2.45, 2.75) is 0 Å². The van der Waals surface area contributed by atoms with Crippen LogP contribution in [0, 0.1) is 0 Å². The number of aromatic nitrogens is 1. The Bertz CT molecular complexity index is 2770. The van der Waals surface area contributed by atoms with Gasteiger partial charge in [-0.15, -0.1) is 11.3 Å². The molecular weight excluding hydrogens is 601 g/mol. The summed E-state index contributed by atoms with van der Waals surface area (Å²) < 4.78 is 2.58. The van der Waals surface area contributed by atoms with Crippen LogP contribution in [0.3, 0.4) is 0 Å². The van der Waals surface area contributed by atoms with E-state index in [1.807, 2.05) is 11.3 Å². The van der Waals surface area contributed by atoms with Gasteiger partial charge in [0.15, 0.2) is 0 Å². The summed E-state index contributed by atoms with van der Waals surface area (Å²) in [6.07, 6.45) is 0. The van der Waals surface area contributed by atoms with Gasteiger partial charge in [0.1, 0.15) is 0 Å². The molecule has 8 aromatic carbocycles. The maximum Gasteiger partial charge on any atom is 0.0788 e. The second kappa shape index (κ2) is 10.8. The van der Waals surface area contributed by atoms with Gasteiger partial charge >= 0.3 is 0 Å². The average molecular weight is 629 g/mol. The van der Waals surface area contributed by atoms with Gasteiger partial charge in [-0.1, -0.05) is 115 Å². The molecule has 0 aliphatic heterocycles. The van der Waals surface area contributed by atoms with Crippen molar-refractivity contribution in [3.05, 3.63) is 170 Å². The standard InChI is InChI=1S/C45H28N2S/c1-3-11-32-25-35(23-17-29(32)9-1)47(36-24-18-30-10-2-4-12-33(30)26-36)34-21-19-31(20-22-34)45-39-15-6-5-13-37(39)40-27-41-38-14-7-8-16-43(38)48-44(41)28-42(40)46-45/h1-28H. The van der Waals surface area contributed by atoms with E-state index in [0.717, 1.165) is 39.2 Å². The molecule has 48 heavy (non-hydrogen) atoms. The van der Waals surface area contributed by atoms with E-state index in [-0.39, 0.29) is 0 Å². The number of rotatable bonds is 4. The number of nitrogens with zero attached hydrogens (tertiary/aromatic N) is 2. The predicted octanol–water partition coefficient (Wildman–Crippen LogP) is 13.2. The minimum atomic E-state index is 1.01. The molecule has 3 heteroatoms. The lowest BCUT2D eigenvalue weighted by molar-refractivity contribution is 1.29. The van der Waals surface area contributed by atoms with Crippen molar-refractivity contribution < 1.29 is 0 Å². The van der Waals surface area contributed by atoms with Gasteiger partial charge in [0.2, 0.25) is 0 Å². The first-order valence-electron chi connectivity index (χ1n) is 16.3. The average Bonchev–Trinajstić information content (AvgIpc) is 3.51. The van der Waals surface area contributed by atoms with Gasteiger partial charge in [0.25, 0.3) is 0 Å². The van der Waals surface area contributed by atoms with Crippen molar-refractivity contribution in [1.82, 2.24) is 4.98 Å². The van der Waals surface area contributed by atoms with E-state index in [0.29, 0.717) is 0 Å². The van der Waals surface area contributed by atoms with Crippen LogP contribution < -0.4 is 4.90 Å². The molecule has 0 N–H and O–H groups in total. The van der Waals surface area contributed by atoms with Gasteiger partial charge in [-0.05, 0) is 81.5 Å². The van der Waals surface area contributed by atoms with Crippen molar-refractivity contribution in [3.63, 3.8) is 0 Å². The molecule has 0 fully saturated rings. The molecule has 0 saturated carbocycles. The van der Waals surface area contributed by atoms with E-state index in [4.69, 9.17) is 4.98 Å². The molecule has 0 atom stereocenters. The van der Waals surface area contributed by atoms with Crippen LogP contribution in [0.2, 0.25) is 0 Å². The van der Waals surface area contributed by atoms with Crippen LogP contribution in [-0.2, 0) is 0 Å². The summed E-state index contributed by atoms with van der Waals surface area (Å²) in [5.41, 5.74) is 6.48. The molecule has 2 aromatic heterocycles. The highest BCUT2D eigenvalue weighted by Gasteiger charge is 2.17. The molecular formula is C45H28N2S. The summed E-state index contributed by atoms with van der Waals surface area (Å²) in [6.45, 7) is 0. The third-order valence-corrected chi connectivity index (χ3v) is 10.7. The molecule has 0 aliphatic rings. The maximum atomic E-state index is 5.35. The topological polar surface area (TPSA) is 16.1 Å². The van der Waals surface area contributed by atoms with Crippen LogP contribution in [0.1, 0.15) is 0 Å². The van der Waals surface area contributed by atoms with Crippen LogP contribution in [0.15, 0.2) is 170 Å². The molecule has 0 radical (unpaired) electrons. The van der Waals surface area contributed by atoms with Gasteiger partial charge in [-0.25, -0.2) is 4.98 Å². The lowest BCUT2D eigenvalue weighted by Gasteiger charge is -2.26. The van der Waals surface area contributed by atoms with Crippen molar-refractivity contribution in [2.24, 2.45) is 0 Å². The third-order valence-electron chi connectivity index (χ3n) is 9.58. The van der Waals surface area contributed by atoms with Crippen LogP contribution >= 0.6 is 11.3 Å². The normalized spacial score (nSPS) is 11.8. The van der Waals surface area contributed by atoms with Crippen LogP contribution in [-0.4, -0.2) is 4.98 Å².